The van der Waals surface area contributed by atoms with E-state index in [0.717, 1.165) is 22.9 Å². The molecule has 5 heteroatoms. The van der Waals surface area contributed by atoms with E-state index >= 15 is 0 Å². The molecule has 0 atom stereocenters. The highest BCUT2D eigenvalue weighted by molar-refractivity contribution is 9.10. The van der Waals surface area contributed by atoms with Crippen LogP contribution in [0.15, 0.2) is 34.8 Å². The molecular formula is C16H18BrNO3. The van der Waals surface area contributed by atoms with Crippen LogP contribution in [0.1, 0.15) is 25.3 Å². The number of nitrogens with zero attached hydrogens (tertiary/aromatic N) is 1. The number of hydrogen-bond acceptors (Lipinski definition) is 3. The molecule has 2 rings (SSSR count). The zero-order valence-electron chi connectivity index (χ0n) is 11.9. The highest BCUT2D eigenvalue weighted by Crippen LogP contribution is 2.27. The smallest absolute Gasteiger partial charge is 0.325 e. The van der Waals surface area contributed by atoms with Crippen molar-refractivity contribution in [3.63, 3.8) is 0 Å². The molecule has 1 saturated carbocycles. The molecule has 1 aromatic carbocycles. The molecule has 1 aliphatic rings. The fraction of sp³-hybridized carbons (Fsp3) is 0.375. The third-order valence-corrected chi connectivity index (χ3v) is 3.69. The fourth-order valence-electron chi connectivity index (χ4n) is 1.96. The summed E-state index contributed by atoms with van der Waals surface area (Å²) in [4.78, 5) is 25.4. The molecule has 1 amide bonds. The van der Waals surface area contributed by atoms with Crippen molar-refractivity contribution < 1.29 is 14.3 Å². The minimum Gasteiger partial charge on any atom is -0.465 e. The van der Waals surface area contributed by atoms with Gasteiger partial charge in [-0.05, 0) is 43.5 Å². The second-order valence-corrected chi connectivity index (χ2v) is 5.80. The molecule has 112 valence electrons. The standard InChI is InChI=1S/C16H18BrNO3/c1-2-21-16(20)11-18(14-8-9-14)15(19)10-5-12-3-6-13(17)7-4-12/h3-7,10,14H,2,8-9,11H2,1H3. The van der Waals surface area contributed by atoms with Gasteiger partial charge >= 0.3 is 5.97 Å². The number of amides is 1. The van der Waals surface area contributed by atoms with E-state index in [9.17, 15) is 9.59 Å². The lowest BCUT2D eigenvalue weighted by Crippen LogP contribution is -2.37. The quantitative estimate of drug-likeness (QED) is 0.584. The Kier molecular flexibility index (Phi) is 5.56. The lowest BCUT2D eigenvalue weighted by molar-refractivity contribution is -0.148. The van der Waals surface area contributed by atoms with Gasteiger partial charge in [0.2, 0.25) is 5.91 Å². The van der Waals surface area contributed by atoms with Gasteiger partial charge in [0, 0.05) is 16.6 Å². The van der Waals surface area contributed by atoms with E-state index in [1.165, 1.54) is 6.08 Å². The second kappa shape index (κ2) is 7.41. The van der Waals surface area contributed by atoms with Crippen molar-refractivity contribution >= 4 is 33.9 Å². The van der Waals surface area contributed by atoms with Gasteiger partial charge in [0.1, 0.15) is 6.54 Å². The summed E-state index contributed by atoms with van der Waals surface area (Å²) in [6, 6.07) is 7.85. The van der Waals surface area contributed by atoms with Gasteiger partial charge < -0.3 is 9.64 Å². The number of rotatable bonds is 6. The van der Waals surface area contributed by atoms with E-state index in [0.29, 0.717) is 6.61 Å². The monoisotopic (exact) mass is 351 g/mol. The summed E-state index contributed by atoms with van der Waals surface area (Å²) >= 11 is 3.37. The van der Waals surface area contributed by atoms with Crippen LogP contribution in [0.3, 0.4) is 0 Å². The van der Waals surface area contributed by atoms with Gasteiger partial charge in [0.05, 0.1) is 6.61 Å². The van der Waals surface area contributed by atoms with Crippen LogP contribution in [-0.2, 0) is 14.3 Å². The van der Waals surface area contributed by atoms with Crippen molar-refractivity contribution in [3.8, 4) is 0 Å². The van der Waals surface area contributed by atoms with E-state index in [4.69, 9.17) is 4.74 Å². The Labute approximate surface area is 132 Å². The first-order chi connectivity index (χ1) is 10.1. The maximum Gasteiger partial charge on any atom is 0.325 e. The van der Waals surface area contributed by atoms with Crippen LogP contribution in [0.5, 0.6) is 0 Å². The van der Waals surface area contributed by atoms with Crippen molar-refractivity contribution in [1.29, 1.82) is 0 Å². The normalized spacial score (nSPS) is 14.2. The SMILES string of the molecule is CCOC(=O)CN(C(=O)C=Cc1ccc(Br)cc1)C1CC1. The Morgan fingerprint density at radius 3 is 2.57 bits per heavy atom. The average molecular weight is 352 g/mol. The van der Waals surface area contributed by atoms with Crippen molar-refractivity contribution in [1.82, 2.24) is 4.90 Å². The predicted molar refractivity (Wildman–Crippen MR) is 84.5 cm³/mol. The molecule has 0 bridgehead atoms. The zero-order chi connectivity index (χ0) is 15.2. The van der Waals surface area contributed by atoms with E-state index in [1.807, 2.05) is 24.3 Å². The molecule has 0 aliphatic heterocycles. The minimum absolute atomic E-state index is 0.0298. The summed E-state index contributed by atoms with van der Waals surface area (Å²) in [5, 5.41) is 0. The molecule has 0 unspecified atom stereocenters. The third kappa shape index (κ3) is 5.01. The van der Waals surface area contributed by atoms with Crippen LogP contribution in [-0.4, -0.2) is 36.0 Å². The van der Waals surface area contributed by atoms with Crippen molar-refractivity contribution in [3.05, 3.63) is 40.4 Å². The van der Waals surface area contributed by atoms with Crippen LogP contribution in [0.2, 0.25) is 0 Å². The molecule has 0 radical (unpaired) electrons. The topological polar surface area (TPSA) is 46.6 Å². The lowest BCUT2D eigenvalue weighted by Gasteiger charge is -2.19. The first kappa shape index (κ1) is 15.8. The first-order valence-corrected chi connectivity index (χ1v) is 7.79. The molecule has 0 aromatic heterocycles. The second-order valence-electron chi connectivity index (χ2n) is 4.89. The van der Waals surface area contributed by atoms with E-state index in [2.05, 4.69) is 15.9 Å². The Hall–Kier alpha value is -1.62. The Morgan fingerprint density at radius 2 is 2.00 bits per heavy atom. The van der Waals surface area contributed by atoms with Crippen molar-refractivity contribution in [2.45, 2.75) is 25.8 Å². The molecule has 1 aromatic rings. The molecule has 1 aliphatic carbocycles. The van der Waals surface area contributed by atoms with Crippen LogP contribution in [0.4, 0.5) is 0 Å². The zero-order valence-corrected chi connectivity index (χ0v) is 13.5. The first-order valence-electron chi connectivity index (χ1n) is 7.00. The predicted octanol–water partition coefficient (Wildman–Crippen LogP) is 3.02. The number of halogens is 1. The molecule has 4 nitrogen and oxygen atoms in total. The third-order valence-electron chi connectivity index (χ3n) is 3.16. The summed E-state index contributed by atoms with van der Waals surface area (Å²) in [5.41, 5.74) is 0.943. The molecule has 0 heterocycles. The summed E-state index contributed by atoms with van der Waals surface area (Å²) in [6.45, 7) is 2.12. The van der Waals surface area contributed by atoms with Gasteiger partial charge in [0.15, 0.2) is 0 Å². The largest absolute Gasteiger partial charge is 0.465 e. The number of carbonyl (C=O) groups excluding carboxylic acids is 2. The lowest BCUT2D eigenvalue weighted by atomic mass is 10.2. The number of carbonyl (C=O) groups is 2. The van der Waals surface area contributed by atoms with Gasteiger partial charge in [-0.25, -0.2) is 0 Å². The minimum atomic E-state index is -0.352. The maximum atomic E-state index is 12.2. The van der Waals surface area contributed by atoms with Gasteiger partial charge in [-0.2, -0.15) is 0 Å². The van der Waals surface area contributed by atoms with Crippen LogP contribution in [0.25, 0.3) is 6.08 Å². The van der Waals surface area contributed by atoms with Crippen LogP contribution < -0.4 is 0 Å². The van der Waals surface area contributed by atoms with Crippen molar-refractivity contribution in [2.75, 3.05) is 13.2 Å². The number of hydrogen-bond donors (Lipinski definition) is 0. The summed E-state index contributed by atoms with van der Waals surface area (Å²) in [6.07, 6.45) is 5.19. The fourth-order valence-corrected chi connectivity index (χ4v) is 2.22. The van der Waals surface area contributed by atoms with E-state index in [-0.39, 0.29) is 24.5 Å². The average Bonchev–Trinajstić information content (AvgIpc) is 3.29. The number of esters is 1. The van der Waals surface area contributed by atoms with Gasteiger partial charge in [-0.1, -0.05) is 28.1 Å². The van der Waals surface area contributed by atoms with E-state index in [1.54, 1.807) is 17.9 Å². The maximum absolute atomic E-state index is 12.2. The number of benzene rings is 1. The summed E-state index contributed by atoms with van der Waals surface area (Å²) in [5.74, 6) is -0.497. The van der Waals surface area contributed by atoms with Crippen LogP contribution in [0, 0.1) is 0 Å². The molecule has 1 fully saturated rings. The molecular weight excluding hydrogens is 334 g/mol. The van der Waals surface area contributed by atoms with E-state index < -0.39 is 0 Å². The Balaban J connectivity index is 1.98. The molecule has 21 heavy (non-hydrogen) atoms. The summed E-state index contributed by atoms with van der Waals surface area (Å²) in [7, 11) is 0. The molecule has 0 N–H and O–H groups in total. The highest BCUT2D eigenvalue weighted by atomic mass is 79.9. The number of ether oxygens (including phenoxy) is 1. The van der Waals surface area contributed by atoms with Crippen LogP contribution >= 0.6 is 15.9 Å². The van der Waals surface area contributed by atoms with Gasteiger partial charge in [-0.3, -0.25) is 9.59 Å². The van der Waals surface area contributed by atoms with Gasteiger partial charge in [0.25, 0.3) is 0 Å². The molecule has 0 saturated heterocycles. The Morgan fingerprint density at radius 1 is 1.33 bits per heavy atom. The Bertz CT molecular complexity index is 535. The van der Waals surface area contributed by atoms with Gasteiger partial charge in [-0.15, -0.1) is 0 Å². The molecule has 0 spiro atoms. The van der Waals surface area contributed by atoms with Crippen molar-refractivity contribution in [2.24, 2.45) is 0 Å². The highest BCUT2D eigenvalue weighted by Gasteiger charge is 2.33. The summed E-state index contributed by atoms with van der Waals surface area (Å²) < 4.78 is 5.91.